The smallest absolute Gasteiger partial charge is 0.257 e. The summed E-state index contributed by atoms with van der Waals surface area (Å²) >= 11 is 0. The van der Waals surface area contributed by atoms with Crippen molar-refractivity contribution in [1.82, 2.24) is 15.1 Å². The summed E-state index contributed by atoms with van der Waals surface area (Å²) in [5.74, 6) is 2.04. The Labute approximate surface area is 132 Å². The Morgan fingerprint density at radius 3 is 2.64 bits per heavy atom. The minimum Gasteiger partial charge on any atom is -0.491 e. The second-order valence-electron chi connectivity index (χ2n) is 6.54. The summed E-state index contributed by atoms with van der Waals surface area (Å²) in [6.45, 7) is 5.23. The maximum absolute atomic E-state index is 12.8. The Kier molecular flexibility index (Phi) is 4.64. The molecule has 2 aliphatic heterocycles. The number of rotatable bonds is 5. The van der Waals surface area contributed by atoms with Gasteiger partial charge in [0.25, 0.3) is 5.91 Å². The zero-order valence-corrected chi connectivity index (χ0v) is 13.4. The number of benzene rings is 1. The van der Waals surface area contributed by atoms with Crippen LogP contribution in [0.25, 0.3) is 0 Å². The van der Waals surface area contributed by atoms with Gasteiger partial charge in [-0.25, -0.2) is 0 Å². The Morgan fingerprint density at radius 2 is 1.95 bits per heavy atom. The first-order chi connectivity index (χ1) is 10.6. The molecule has 5 nitrogen and oxygen atoms in total. The highest BCUT2D eigenvalue weighted by Gasteiger charge is 2.38. The van der Waals surface area contributed by atoms with Crippen LogP contribution >= 0.6 is 0 Å². The maximum atomic E-state index is 12.8. The third kappa shape index (κ3) is 3.25. The van der Waals surface area contributed by atoms with E-state index in [2.05, 4.69) is 10.2 Å². The molecule has 0 radical (unpaired) electrons. The van der Waals surface area contributed by atoms with Crippen molar-refractivity contribution in [3.05, 3.63) is 29.8 Å². The maximum Gasteiger partial charge on any atom is 0.257 e. The van der Waals surface area contributed by atoms with Crippen molar-refractivity contribution in [2.45, 2.75) is 0 Å². The monoisotopic (exact) mass is 303 g/mol. The molecular weight excluding hydrogens is 278 g/mol. The van der Waals surface area contributed by atoms with Crippen LogP contribution in [0.1, 0.15) is 10.4 Å². The van der Waals surface area contributed by atoms with E-state index in [1.807, 2.05) is 43.3 Å². The van der Waals surface area contributed by atoms with Crippen LogP contribution in [0.5, 0.6) is 5.75 Å². The first-order valence-electron chi connectivity index (χ1n) is 8.01. The number of carbonyl (C=O) groups is 1. The van der Waals surface area contributed by atoms with Crippen LogP contribution in [0.2, 0.25) is 0 Å². The molecule has 22 heavy (non-hydrogen) atoms. The lowest BCUT2D eigenvalue weighted by atomic mass is 10.0. The molecule has 1 N–H and O–H groups in total. The van der Waals surface area contributed by atoms with E-state index in [4.69, 9.17) is 4.74 Å². The summed E-state index contributed by atoms with van der Waals surface area (Å²) < 4.78 is 5.82. The molecule has 1 amide bonds. The van der Waals surface area contributed by atoms with E-state index >= 15 is 0 Å². The fourth-order valence-electron chi connectivity index (χ4n) is 3.30. The van der Waals surface area contributed by atoms with Gasteiger partial charge < -0.3 is 19.9 Å². The molecule has 2 atom stereocenters. The van der Waals surface area contributed by atoms with Gasteiger partial charge in [-0.15, -0.1) is 0 Å². The topological polar surface area (TPSA) is 44.8 Å². The highest BCUT2D eigenvalue weighted by molar-refractivity contribution is 5.97. The second-order valence-corrected chi connectivity index (χ2v) is 6.54. The third-order valence-corrected chi connectivity index (χ3v) is 4.59. The summed E-state index contributed by atoms with van der Waals surface area (Å²) in [4.78, 5) is 16.9. The molecule has 3 rings (SSSR count). The van der Waals surface area contributed by atoms with E-state index in [0.717, 1.165) is 32.7 Å². The zero-order chi connectivity index (χ0) is 15.5. The van der Waals surface area contributed by atoms with Crippen LogP contribution in [-0.2, 0) is 0 Å². The van der Waals surface area contributed by atoms with Gasteiger partial charge in [-0.3, -0.25) is 4.79 Å². The highest BCUT2D eigenvalue weighted by Crippen LogP contribution is 2.29. The minimum atomic E-state index is 0.106. The van der Waals surface area contributed by atoms with Crippen molar-refractivity contribution in [3.63, 3.8) is 0 Å². The fraction of sp³-hybridized carbons (Fsp3) is 0.588. The predicted octanol–water partition coefficient (Wildman–Crippen LogP) is 0.918. The average molecular weight is 303 g/mol. The summed E-state index contributed by atoms with van der Waals surface area (Å²) in [5, 5.41) is 3.41. The zero-order valence-electron chi connectivity index (χ0n) is 13.4. The van der Waals surface area contributed by atoms with Gasteiger partial charge in [0, 0.05) is 32.7 Å². The first-order valence-corrected chi connectivity index (χ1v) is 8.01. The standard InChI is InChI=1S/C17H25N3O2/c1-19(2)7-8-22-16-6-4-3-5-15(16)17(21)20-11-13-9-18-10-14(13)12-20/h3-6,13-14,18H,7-12H2,1-2H3/t13-,14+. The molecule has 1 aromatic carbocycles. The Bertz CT molecular complexity index is 520. The average Bonchev–Trinajstić information content (AvgIpc) is 3.08. The van der Waals surface area contributed by atoms with Crippen LogP contribution in [0.15, 0.2) is 24.3 Å². The van der Waals surface area contributed by atoms with Crippen molar-refractivity contribution in [2.75, 3.05) is 53.4 Å². The Balaban J connectivity index is 1.67. The minimum absolute atomic E-state index is 0.106. The van der Waals surface area contributed by atoms with Crippen molar-refractivity contribution < 1.29 is 9.53 Å². The lowest BCUT2D eigenvalue weighted by molar-refractivity contribution is 0.0777. The number of likely N-dealkylation sites (tertiary alicyclic amines) is 1. The Hall–Kier alpha value is -1.59. The van der Waals surface area contributed by atoms with Crippen LogP contribution in [0.4, 0.5) is 0 Å². The van der Waals surface area contributed by atoms with Crippen LogP contribution in [0.3, 0.4) is 0 Å². The summed E-state index contributed by atoms with van der Waals surface area (Å²) in [6.07, 6.45) is 0. The molecule has 1 aromatic rings. The molecule has 2 fully saturated rings. The lowest BCUT2D eigenvalue weighted by Crippen LogP contribution is -2.32. The largest absolute Gasteiger partial charge is 0.491 e. The molecule has 5 heteroatoms. The Morgan fingerprint density at radius 1 is 1.27 bits per heavy atom. The van der Waals surface area contributed by atoms with E-state index < -0.39 is 0 Å². The SMILES string of the molecule is CN(C)CCOc1ccccc1C(=O)N1C[C@H]2CNC[C@H]2C1. The number of hydrogen-bond donors (Lipinski definition) is 1. The number of nitrogens with zero attached hydrogens (tertiary/aromatic N) is 2. The van der Waals surface area contributed by atoms with Gasteiger partial charge in [-0.1, -0.05) is 12.1 Å². The van der Waals surface area contributed by atoms with Crippen molar-refractivity contribution >= 4 is 5.91 Å². The molecule has 2 aliphatic rings. The third-order valence-electron chi connectivity index (χ3n) is 4.59. The highest BCUT2D eigenvalue weighted by atomic mass is 16.5. The van der Waals surface area contributed by atoms with Gasteiger partial charge in [0.1, 0.15) is 12.4 Å². The number of ether oxygens (including phenoxy) is 1. The molecule has 120 valence electrons. The molecule has 2 heterocycles. The van der Waals surface area contributed by atoms with Gasteiger partial charge in [-0.2, -0.15) is 0 Å². The number of para-hydroxylation sites is 1. The number of carbonyl (C=O) groups excluding carboxylic acids is 1. The van der Waals surface area contributed by atoms with Crippen molar-refractivity contribution in [2.24, 2.45) is 11.8 Å². The summed E-state index contributed by atoms with van der Waals surface area (Å²) in [6, 6.07) is 7.59. The predicted molar refractivity (Wildman–Crippen MR) is 86.2 cm³/mol. The van der Waals surface area contributed by atoms with Gasteiger partial charge in [0.05, 0.1) is 5.56 Å². The molecule has 0 bridgehead atoms. The normalized spacial score (nSPS) is 23.9. The number of hydrogen-bond acceptors (Lipinski definition) is 4. The summed E-state index contributed by atoms with van der Waals surface area (Å²) in [5.41, 5.74) is 0.689. The van der Waals surface area contributed by atoms with E-state index in [0.29, 0.717) is 29.8 Å². The van der Waals surface area contributed by atoms with Crippen LogP contribution in [-0.4, -0.2) is 69.1 Å². The molecule has 2 saturated heterocycles. The van der Waals surface area contributed by atoms with E-state index in [-0.39, 0.29) is 5.91 Å². The molecule has 0 spiro atoms. The van der Waals surface area contributed by atoms with Gasteiger partial charge in [0.2, 0.25) is 0 Å². The molecule has 0 unspecified atom stereocenters. The van der Waals surface area contributed by atoms with Crippen LogP contribution in [0, 0.1) is 11.8 Å². The van der Waals surface area contributed by atoms with Crippen LogP contribution < -0.4 is 10.1 Å². The number of amides is 1. The van der Waals surface area contributed by atoms with Gasteiger partial charge >= 0.3 is 0 Å². The molecular formula is C17H25N3O2. The number of likely N-dealkylation sites (N-methyl/N-ethyl adjacent to an activating group) is 1. The van der Waals surface area contributed by atoms with Gasteiger partial charge in [0.15, 0.2) is 0 Å². The summed E-state index contributed by atoms with van der Waals surface area (Å²) in [7, 11) is 4.02. The fourth-order valence-corrected chi connectivity index (χ4v) is 3.30. The van der Waals surface area contributed by atoms with E-state index in [1.54, 1.807) is 0 Å². The lowest BCUT2D eigenvalue weighted by Gasteiger charge is -2.20. The quantitative estimate of drug-likeness (QED) is 0.878. The van der Waals surface area contributed by atoms with Crippen molar-refractivity contribution in [3.8, 4) is 5.75 Å². The number of fused-ring (bicyclic) bond motifs is 1. The van der Waals surface area contributed by atoms with Gasteiger partial charge in [-0.05, 0) is 38.1 Å². The number of nitrogens with one attached hydrogen (secondary N) is 1. The first kappa shape index (κ1) is 15.3. The molecule has 0 saturated carbocycles. The second kappa shape index (κ2) is 6.67. The van der Waals surface area contributed by atoms with Crippen molar-refractivity contribution in [1.29, 1.82) is 0 Å². The molecule has 0 aliphatic carbocycles. The van der Waals surface area contributed by atoms with E-state index in [1.165, 1.54) is 0 Å². The van der Waals surface area contributed by atoms with E-state index in [9.17, 15) is 4.79 Å². The molecule has 0 aromatic heterocycles.